The Kier molecular flexibility index (Phi) is 9.43. The van der Waals surface area contributed by atoms with E-state index in [0.717, 1.165) is 24.4 Å². The third-order valence-corrected chi connectivity index (χ3v) is 4.83. The molecule has 0 spiro atoms. The normalized spacial score (nSPS) is 18.9. The molecule has 1 aliphatic heterocycles. The number of rotatable bonds is 6. The molecule has 0 aliphatic carbocycles. The summed E-state index contributed by atoms with van der Waals surface area (Å²) in [5, 5.41) is 7.49. The summed E-state index contributed by atoms with van der Waals surface area (Å²) in [4.78, 5) is 11.1. The maximum atomic E-state index is 12.4. The number of aromatic nitrogens is 1. The highest BCUT2D eigenvalue weighted by molar-refractivity contribution is 14.0. The van der Waals surface area contributed by atoms with Crippen LogP contribution in [-0.2, 0) is 6.42 Å². The maximum absolute atomic E-state index is 12.4. The number of hydrogen-bond donors (Lipinski definition) is 2. The van der Waals surface area contributed by atoms with E-state index in [2.05, 4.69) is 20.6 Å². The monoisotopic (exact) mass is 491 g/mol. The minimum Gasteiger partial charge on any atom is -0.356 e. The first-order chi connectivity index (χ1) is 11.4. The maximum Gasteiger partial charge on any atom is 0.401 e. The molecular weight excluding hydrogens is 466 g/mol. The number of guanidine groups is 1. The van der Waals surface area contributed by atoms with Crippen LogP contribution in [0.3, 0.4) is 0 Å². The molecule has 1 fully saturated rings. The number of alkyl halides is 3. The zero-order valence-corrected chi connectivity index (χ0v) is 17.5. The van der Waals surface area contributed by atoms with Gasteiger partial charge in [-0.1, -0.05) is 0 Å². The molecule has 1 aromatic heterocycles. The molecule has 2 rings (SSSR count). The molecule has 0 saturated carbocycles. The zero-order chi connectivity index (χ0) is 17.6. The Hall–Kier alpha value is -0.620. The second-order valence-electron chi connectivity index (χ2n) is 6.00. The average molecular weight is 491 g/mol. The van der Waals surface area contributed by atoms with E-state index in [4.69, 9.17) is 0 Å². The van der Waals surface area contributed by atoms with Crippen molar-refractivity contribution in [3.05, 3.63) is 16.1 Å². The van der Waals surface area contributed by atoms with Crippen LogP contribution < -0.4 is 10.6 Å². The molecule has 144 valence electrons. The molecule has 5 nitrogen and oxygen atoms in total. The van der Waals surface area contributed by atoms with Crippen molar-refractivity contribution in [2.75, 3.05) is 39.8 Å². The van der Waals surface area contributed by atoms with Crippen LogP contribution in [0, 0.1) is 12.8 Å². The summed E-state index contributed by atoms with van der Waals surface area (Å²) in [6, 6.07) is 0. The first-order valence-corrected chi connectivity index (χ1v) is 8.82. The summed E-state index contributed by atoms with van der Waals surface area (Å²) in [5.74, 6) is 0.894. The second kappa shape index (κ2) is 10.5. The minimum absolute atomic E-state index is 0. The van der Waals surface area contributed by atoms with Gasteiger partial charge in [0.05, 0.1) is 11.6 Å². The van der Waals surface area contributed by atoms with Gasteiger partial charge in [0.15, 0.2) is 5.96 Å². The van der Waals surface area contributed by atoms with E-state index >= 15 is 0 Å². The standard InChI is InChI=1S/C15H24F3N5S.HI/c1-11-7-21-13(24-11)3-5-20-14(19-2)22-8-12-4-6-23(9-12)10-15(16,17)18;/h7,12H,3-6,8-10H2,1-2H3,(H2,19,20,22);1H. The van der Waals surface area contributed by atoms with Gasteiger partial charge in [-0.2, -0.15) is 13.2 Å². The van der Waals surface area contributed by atoms with Gasteiger partial charge in [-0.3, -0.25) is 9.89 Å². The minimum atomic E-state index is -4.12. The summed E-state index contributed by atoms with van der Waals surface area (Å²) in [6.07, 6.45) is -0.658. The van der Waals surface area contributed by atoms with Crippen LogP contribution in [0.15, 0.2) is 11.2 Å². The highest BCUT2D eigenvalue weighted by Gasteiger charge is 2.34. The van der Waals surface area contributed by atoms with E-state index < -0.39 is 12.7 Å². The first kappa shape index (κ1) is 22.4. The largest absolute Gasteiger partial charge is 0.401 e. The summed E-state index contributed by atoms with van der Waals surface area (Å²) < 4.78 is 37.2. The Morgan fingerprint density at radius 2 is 2.20 bits per heavy atom. The lowest BCUT2D eigenvalue weighted by Gasteiger charge is -2.18. The molecule has 0 amide bonds. The predicted molar refractivity (Wildman–Crippen MR) is 106 cm³/mol. The summed E-state index contributed by atoms with van der Waals surface area (Å²) in [5.41, 5.74) is 0. The van der Waals surface area contributed by atoms with E-state index in [0.29, 0.717) is 25.6 Å². The van der Waals surface area contributed by atoms with Crippen LogP contribution >= 0.6 is 35.3 Å². The van der Waals surface area contributed by atoms with Gasteiger partial charge in [0.25, 0.3) is 0 Å². The fourth-order valence-corrected chi connectivity index (χ4v) is 3.53. The first-order valence-electron chi connectivity index (χ1n) is 8.00. The smallest absolute Gasteiger partial charge is 0.356 e. The van der Waals surface area contributed by atoms with Gasteiger partial charge < -0.3 is 10.6 Å². The Morgan fingerprint density at radius 3 is 2.80 bits per heavy atom. The van der Waals surface area contributed by atoms with Crippen LogP contribution in [0.2, 0.25) is 0 Å². The lowest BCUT2D eigenvalue weighted by Crippen LogP contribution is -2.41. The van der Waals surface area contributed by atoms with Gasteiger partial charge in [0, 0.05) is 44.2 Å². The van der Waals surface area contributed by atoms with Crippen molar-refractivity contribution in [2.24, 2.45) is 10.9 Å². The van der Waals surface area contributed by atoms with Gasteiger partial charge in [-0.05, 0) is 25.8 Å². The second-order valence-corrected chi connectivity index (χ2v) is 7.32. The van der Waals surface area contributed by atoms with Crippen LogP contribution in [-0.4, -0.2) is 61.8 Å². The van der Waals surface area contributed by atoms with E-state index in [-0.39, 0.29) is 29.9 Å². The number of nitrogens with zero attached hydrogens (tertiary/aromatic N) is 3. The molecule has 10 heteroatoms. The molecule has 1 aliphatic rings. The van der Waals surface area contributed by atoms with Crippen LogP contribution in [0.5, 0.6) is 0 Å². The molecule has 1 aromatic rings. The Labute approximate surface area is 167 Å². The van der Waals surface area contributed by atoms with E-state index in [1.807, 2.05) is 13.1 Å². The van der Waals surface area contributed by atoms with Gasteiger partial charge in [-0.15, -0.1) is 35.3 Å². The molecule has 2 heterocycles. The Bertz CT molecular complexity index is 550. The van der Waals surface area contributed by atoms with E-state index in [9.17, 15) is 13.2 Å². The molecule has 0 aromatic carbocycles. The summed E-state index contributed by atoms with van der Waals surface area (Å²) in [6.45, 7) is 3.54. The number of likely N-dealkylation sites (tertiary alicyclic amines) is 1. The molecular formula is C15H25F3IN5S. The third kappa shape index (κ3) is 8.54. The number of aryl methyl sites for hydroxylation is 1. The van der Waals surface area contributed by atoms with Crippen LogP contribution in [0.25, 0.3) is 0 Å². The molecule has 0 bridgehead atoms. The summed E-state index contributed by atoms with van der Waals surface area (Å²) in [7, 11) is 1.69. The Balaban J connectivity index is 0.00000312. The highest BCUT2D eigenvalue weighted by Crippen LogP contribution is 2.22. The molecule has 2 N–H and O–H groups in total. The van der Waals surface area contributed by atoms with Crippen molar-refractivity contribution in [2.45, 2.75) is 25.9 Å². The lowest BCUT2D eigenvalue weighted by molar-refractivity contribution is -0.143. The SMILES string of the molecule is CN=C(NCCc1ncc(C)s1)NCC1CCN(CC(F)(F)F)C1.I. The molecule has 1 unspecified atom stereocenters. The number of aliphatic imine (C=N–C) groups is 1. The van der Waals surface area contributed by atoms with Gasteiger partial charge >= 0.3 is 6.18 Å². The van der Waals surface area contributed by atoms with Crippen LogP contribution in [0.1, 0.15) is 16.3 Å². The number of nitrogens with one attached hydrogen (secondary N) is 2. The van der Waals surface area contributed by atoms with Crippen molar-refractivity contribution in [1.29, 1.82) is 0 Å². The third-order valence-electron chi connectivity index (χ3n) is 3.86. The molecule has 25 heavy (non-hydrogen) atoms. The van der Waals surface area contributed by atoms with Crippen molar-refractivity contribution in [3.8, 4) is 0 Å². The number of halogens is 4. The quantitative estimate of drug-likeness (QED) is 0.365. The average Bonchev–Trinajstić information content (AvgIpc) is 3.10. The number of hydrogen-bond acceptors (Lipinski definition) is 4. The molecule has 0 radical (unpaired) electrons. The van der Waals surface area contributed by atoms with E-state index in [1.54, 1.807) is 18.4 Å². The number of thiazole rings is 1. The van der Waals surface area contributed by atoms with Crippen molar-refractivity contribution in [1.82, 2.24) is 20.5 Å². The zero-order valence-electron chi connectivity index (χ0n) is 14.4. The lowest BCUT2D eigenvalue weighted by atomic mass is 10.1. The predicted octanol–water partition coefficient (Wildman–Crippen LogP) is 2.66. The van der Waals surface area contributed by atoms with Crippen molar-refractivity contribution < 1.29 is 13.2 Å². The molecule has 1 saturated heterocycles. The fourth-order valence-electron chi connectivity index (χ4n) is 2.74. The highest BCUT2D eigenvalue weighted by atomic mass is 127. The summed E-state index contributed by atoms with van der Waals surface area (Å²) >= 11 is 1.68. The van der Waals surface area contributed by atoms with Gasteiger partial charge in [0.1, 0.15) is 0 Å². The van der Waals surface area contributed by atoms with Gasteiger partial charge in [0.2, 0.25) is 0 Å². The Morgan fingerprint density at radius 1 is 1.44 bits per heavy atom. The topological polar surface area (TPSA) is 52.6 Å². The van der Waals surface area contributed by atoms with Gasteiger partial charge in [-0.25, -0.2) is 4.98 Å². The van der Waals surface area contributed by atoms with E-state index in [1.165, 1.54) is 9.78 Å². The van der Waals surface area contributed by atoms with Crippen LogP contribution in [0.4, 0.5) is 13.2 Å². The fraction of sp³-hybridized carbons (Fsp3) is 0.733. The van der Waals surface area contributed by atoms with Crippen molar-refractivity contribution in [3.63, 3.8) is 0 Å². The van der Waals surface area contributed by atoms with Crippen molar-refractivity contribution >= 4 is 41.3 Å². The molecule has 1 atom stereocenters.